The SMILES string of the molecule is Oc1ccccc1SCc1cccnc1Cl. The lowest BCUT2D eigenvalue weighted by Crippen LogP contribution is -1.85. The van der Waals surface area contributed by atoms with Crippen LogP contribution in [0.4, 0.5) is 0 Å². The highest BCUT2D eigenvalue weighted by molar-refractivity contribution is 7.98. The first kappa shape index (κ1) is 11.3. The summed E-state index contributed by atoms with van der Waals surface area (Å²) in [6.07, 6.45) is 1.66. The van der Waals surface area contributed by atoms with Crippen molar-refractivity contribution >= 4 is 23.4 Å². The zero-order valence-corrected chi connectivity index (χ0v) is 10.0. The molecule has 0 aliphatic heterocycles. The summed E-state index contributed by atoms with van der Waals surface area (Å²) in [6, 6.07) is 11.0. The molecule has 0 spiro atoms. The van der Waals surface area contributed by atoms with Gasteiger partial charge in [0.05, 0.1) is 0 Å². The van der Waals surface area contributed by atoms with Crippen LogP contribution in [0.1, 0.15) is 5.56 Å². The Morgan fingerprint density at radius 3 is 2.75 bits per heavy atom. The molecule has 0 radical (unpaired) electrons. The van der Waals surface area contributed by atoms with Crippen molar-refractivity contribution < 1.29 is 5.11 Å². The Morgan fingerprint density at radius 1 is 1.19 bits per heavy atom. The van der Waals surface area contributed by atoms with Gasteiger partial charge >= 0.3 is 0 Å². The van der Waals surface area contributed by atoms with E-state index >= 15 is 0 Å². The topological polar surface area (TPSA) is 33.1 Å². The Morgan fingerprint density at radius 2 is 2.00 bits per heavy atom. The van der Waals surface area contributed by atoms with Crippen molar-refractivity contribution in [1.82, 2.24) is 4.98 Å². The third-order valence-electron chi connectivity index (χ3n) is 2.08. The minimum Gasteiger partial charge on any atom is -0.507 e. The lowest BCUT2D eigenvalue weighted by molar-refractivity contribution is 0.462. The smallest absolute Gasteiger partial charge is 0.133 e. The van der Waals surface area contributed by atoms with E-state index in [1.807, 2.05) is 24.3 Å². The van der Waals surface area contributed by atoms with Gasteiger partial charge in [0.1, 0.15) is 10.9 Å². The Balaban J connectivity index is 2.09. The molecule has 2 nitrogen and oxygen atoms in total. The zero-order chi connectivity index (χ0) is 11.4. The summed E-state index contributed by atoms with van der Waals surface area (Å²) < 4.78 is 0. The number of phenols is 1. The molecule has 0 saturated carbocycles. The van der Waals surface area contributed by atoms with E-state index in [2.05, 4.69) is 4.98 Å². The number of rotatable bonds is 3. The van der Waals surface area contributed by atoms with Crippen molar-refractivity contribution in [1.29, 1.82) is 0 Å². The van der Waals surface area contributed by atoms with Crippen molar-refractivity contribution in [3.05, 3.63) is 53.3 Å². The highest BCUT2D eigenvalue weighted by atomic mass is 35.5. The van der Waals surface area contributed by atoms with Crippen molar-refractivity contribution in [3.8, 4) is 5.75 Å². The first-order valence-electron chi connectivity index (χ1n) is 4.77. The van der Waals surface area contributed by atoms with Gasteiger partial charge in [-0.2, -0.15) is 0 Å². The van der Waals surface area contributed by atoms with E-state index in [1.165, 1.54) is 11.8 Å². The normalized spacial score (nSPS) is 10.3. The quantitative estimate of drug-likeness (QED) is 0.667. The van der Waals surface area contributed by atoms with E-state index in [-0.39, 0.29) is 0 Å². The predicted molar refractivity (Wildman–Crippen MR) is 66.9 cm³/mol. The standard InChI is InChI=1S/C12H10ClNOS/c13-12-9(4-3-7-14-12)8-16-11-6-2-1-5-10(11)15/h1-7,15H,8H2. The maximum Gasteiger partial charge on any atom is 0.133 e. The van der Waals surface area contributed by atoms with Crippen LogP contribution in [0.5, 0.6) is 5.75 Å². The summed E-state index contributed by atoms with van der Waals surface area (Å²) in [5.74, 6) is 0.997. The minimum absolute atomic E-state index is 0.299. The Kier molecular flexibility index (Phi) is 3.70. The van der Waals surface area contributed by atoms with E-state index in [0.717, 1.165) is 10.5 Å². The van der Waals surface area contributed by atoms with Gasteiger partial charge < -0.3 is 5.11 Å². The van der Waals surface area contributed by atoms with Crippen LogP contribution in [0.3, 0.4) is 0 Å². The highest BCUT2D eigenvalue weighted by Gasteiger charge is 2.04. The molecule has 1 N–H and O–H groups in total. The Labute approximate surface area is 103 Å². The third kappa shape index (κ3) is 2.68. The van der Waals surface area contributed by atoms with Gasteiger partial charge in [-0.3, -0.25) is 0 Å². The highest BCUT2D eigenvalue weighted by Crippen LogP contribution is 2.31. The van der Waals surface area contributed by atoms with Gasteiger partial charge in [0, 0.05) is 16.8 Å². The van der Waals surface area contributed by atoms with Crippen LogP contribution < -0.4 is 0 Å². The van der Waals surface area contributed by atoms with Crippen LogP contribution >= 0.6 is 23.4 Å². The maximum atomic E-state index is 9.59. The molecule has 0 atom stereocenters. The lowest BCUT2D eigenvalue weighted by Gasteiger charge is -2.04. The van der Waals surface area contributed by atoms with Crippen LogP contribution in [-0.2, 0) is 5.75 Å². The van der Waals surface area contributed by atoms with Gasteiger partial charge in [0.2, 0.25) is 0 Å². The number of aromatic hydroxyl groups is 1. The van der Waals surface area contributed by atoms with Crippen LogP contribution in [-0.4, -0.2) is 10.1 Å². The van der Waals surface area contributed by atoms with Crippen molar-refractivity contribution in [2.75, 3.05) is 0 Å². The summed E-state index contributed by atoms with van der Waals surface area (Å²) in [6.45, 7) is 0. The molecule has 16 heavy (non-hydrogen) atoms. The van der Waals surface area contributed by atoms with E-state index < -0.39 is 0 Å². The van der Waals surface area contributed by atoms with Gasteiger partial charge in [-0.25, -0.2) is 4.98 Å². The van der Waals surface area contributed by atoms with Crippen molar-refractivity contribution in [2.45, 2.75) is 10.6 Å². The van der Waals surface area contributed by atoms with Crippen molar-refractivity contribution in [3.63, 3.8) is 0 Å². The number of halogens is 1. The molecular formula is C12H10ClNOS. The first-order valence-corrected chi connectivity index (χ1v) is 6.14. The molecule has 2 rings (SSSR count). The lowest BCUT2D eigenvalue weighted by atomic mass is 10.3. The molecule has 4 heteroatoms. The number of phenolic OH excluding ortho intramolecular Hbond substituents is 1. The summed E-state index contributed by atoms with van der Waals surface area (Å²) >= 11 is 7.48. The van der Waals surface area contributed by atoms with Gasteiger partial charge in [0.25, 0.3) is 0 Å². The van der Waals surface area contributed by atoms with Crippen LogP contribution in [0.15, 0.2) is 47.5 Å². The van der Waals surface area contributed by atoms with E-state index in [1.54, 1.807) is 18.3 Å². The zero-order valence-electron chi connectivity index (χ0n) is 8.43. The molecule has 1 aromatic carbocycles. The monoisotopic (exact) mass is 251 g/mol. The number of nitrogens with zero attached hydrogens (tertiary/aromatic N) is 1. The van der Waals surface area contributed by atoms with Gasteiger partial charge in [-0.05, 0) is 23.8 Å². The van der Waals surface area contributed by atoms with Crippen LogP contribution in [0, 0.1) is 0 Å². The van der Waals surface area contributed by atoms with E-state index in [9.17, 15) is 5.11 Å². The first-order chi connectivity index (χ1) is 7.77. The summed E-state index contributed by atoms with van der Waals surface area (Å²) in [5.41, 5.74) is 0.970. The molecule has 0 amide bonds. The second-order valence-corrected chi connectivity index (χ2v) is 4.58. The largest absolute Gasteiger partial charge is 0.507 e. The van der Waals surface area contributed by atoms with E-state index in [0.29, 0.717) is 16.7 Å². The average molecular weight is 252 g/mol. The average Bonchev–Trinajstić information content (AvgIpc) is 2.30. The summed E-state index contributed by atoms with van der Waals surface area (Å²) in [4.78, 5) is 4.85. The van der Waals surface area contributed by atoms with Crippen LogP contribution in [0.2, 0.25) is 5.15 Å². The third-order valence-corrected chi connectivity index (χ3v) is 3.54. The molecule has 2 aromatic rings. The number of benzene rings is 1. The van der Waals surface area contributed by atoms with Crippen molar-refractivity contribution in [2.24, 2.45) is 0 Å². The molecule has 82 valence electrons. The molecule has 1 heterocycles. The van der Waals surface area contributed by atoms with Gasteiger partial charge in [0.15, 0.2) is 0 Å². The fraction of sp³-hybridized carbons (Fsp3) is 0.0833. The number of pyridine rings is 1. The molecule has 0 fully saturated rings. The molecular weight excluding hydrogens is 242 g/mol. The molecule has 0 unspecified atom stereocenters. The van der Waals surface area contributed by atoms with Gasteiger partial charge in [-0.1, -0.05) is 29.8 Å². The second kappa shape index (κ2) is 5.23. The molecule has 0 aliphatic carbocycles. The number of hydrogen-bond donors (Lipinski definition) is 1. The number of para-hydroxylation sites is 1. The molecule has 1 aromatic heterocycles. The minimum atomic E-state index is 0.299. The number of thioether (sulfide) groups is 1. The predicted octanol–water partition coefficient (Wildman–Crippen LogP) is 3.73. The molecule has 0 bridgehead atoms. The van der Waals surface area contributed by atoms with Gasteiger partial charge in [-0.15, -0.1) is 11.8 Å². The Hall–Kier alpha value is -1.19. The molecule has 0 saturated heterocycles. The Bertz CT molecular complexity index is 444. The van der Waals surface area contributed by atoms with E-state index in [4.69, 9.17) is 11.6 Å². The summed E-state index contributed by atoms with van der Waals surface area (Å²) in [5, 5.41) is 10.1. The maximum absolute atomic E-state index is 9.59. The number of hydrogen-bond acceptors (Lipinski definition) is 3. The fourth-order valence-corrected chi connectivity index (χ4v) is 2.46. The molecule has 0 aliphatic rings. The van der Waals surface area contributed by atoms with Crippen LogP contribution in [0.25, 0.3) is 0 Å². The fourth-order valence-electron chi connectivity index (χ4n) is 1.26. The number of aromatic nitrogens is 1. The second-order valence-electron chi connectivity index (χ2n) is 3.21. The summed E-state index contributed by atoms with van der Waals surface area (Å²) in [7, 11) is 0.